The molecular weight excluding hydrogens is 502 g/mol. The highest BCUT2D eigenvalue weighted by molar-refractivity contribution is 7.14. The maximum absolute atomic E-state index is 12.8. The first-order valence-electron chi connectivity index (χ1n) is 11.9. The Morgan fingerprint density at radius 3 is 2.81 bits per heavy atom. The Hall–Kier alpha value is -2.82. The first-order valence-corrected chi connectivity index (χ1v) is 13.2. The third-order valence-electron chi connectivity index (χ3n) is 5.47. The van der Waals surface area contributed by atoms with E-state index in [1.807, 2.05) is 40.0 Å². The van der Waals surface area contributed by atoms with Gasteiger partial charge in [0.25, 0.3) is 0 Å². The molecule has 1 saturated heterocycles. The zero-order valence-corrected chi connectivity index (χ0v) is 22.8. The number of carbonyl (C=O) groups excluding carboxylic acids is 1. The number of rotatable bonds is 7. The fourth-order valence-corrected chi connectivity index (χ4v) is 4.94. The number of ether oxygens (including phenoxy) is 2. The molecule has 2 N–H and O–H groups in total. The molecule has 0 unspecified atom stereocenters. The summed E-state index contributed by atoms with van der Waals surface area (Å²) in [4.78, 5) is 36.7. The van der Waals surface area contributed by atoms with Crippen LogP contribution in [0, 0.1) is 0 Å². The second kappa shape index (κ2) is 10.7. The zero-order chi connectivity index (χ0) is 26.0. The van der Waals surface area contributed by atoms with Gasteiger partial charge in [-0.25, -0.2) is 9.78 Å². The van der Waals surface area contributed by atoms with Crippen molar-refractivity contribution in [3.63, 3.8) is 0 Å². The van der Waals surface area contributed by atoms with Crippen LogP contribution in [-0.4, -0.2) is 70.4 Å². The Kier molecular flexibility index (Phi) is 7.77. The first kappa shape index (κ1) is 26.2. The lowest BCUT2D eigenvalue weighted by Gasteiger charge is -2.24. The van der Waals surface area contributed by atoms with Crippen molar-refractivity contribution in [2.75, 3.05) is 38.2 Å². The van der Waals surface area contributed by atoms with E-state index in [4.69, 9.17) is 21.1 Å². The first-order chi connectivity index (χ1) is 17.0. The number of nitrogens with one attached hydrogen (secondary N) is 2. The van der Waals surface area contributed by atoms with E-state index in [0.717, 1.165) is 11.7 Å². The summed E-state index contributed by atoms with van der Waals surface area (Å²) < 4.78 is 11.4. The largest absolute Gasteiger partial charge is 0.491 e. The molecule has 3 heterocycles. The zero-order valence-electron chi connectivity index (χ0n) is 21.2. The Morgan fingerprint density at radius 2 is 2.08 bits per heavy atom. The van der Waals surface area contributed by atoms with Crippen molar-refractivity contribution in [1.82, 2.24) is 19.8 Å². The Bertz CT molecular complexity index is 1300. The Balaban J connectivity index is 1.42. The third-order valence-corrected chi connectivity index (χ3v) is 6.62. The van der Waals surface area contributed by atoms with Gasteiger partial charge in [0.1, 0.15) is 23.0 Å². The summed E-state index contributed by atoms with van der Waals surface area (Å²) in [5.41, 5.74) is 1.12. The molecule has 1 aromatic carbocycles. The van der Waals surface area contributed by atoms with Gasteiger partial charge in [-0.3, -0.25) is 14.6 Å². The van der Waals surface area contributed by atoms with Gasteiger partial charge in [0.05, 0.1) is 23.6 Å². The van der Waals surface area contributed by atoms with Crippen molar-refractivity contribution in [1.29, 1.82) is 0 Å². The number of hydrogen-bond donors (Lipinski definition) is 2. The fraction of sp³-hybridized carbons (Fsp3) is 0.480. The van der Waals surface area contributed by atoms with Gasteiger partial charge >= 0.3 is 6.09 Å². The van der Waals surface area contributed by atoms with E-state index in [1.165, 1.54) is 17.4 Å². The van der Waals surface area contributed by atoms with Crippen LogP contribution >= 0.6 is 22.9 Å². The van der Waals surface area contributed by atoms with E-state index < -0.39 is 5.60 Å². The summed E-state index contributed by atoms with van der Waals surface area (Å²) in [5, 5.41) is 6.78. The predicted octanol–water partition coefficient (Wildman–Crippen LogP) is 5.01. The van der Waals surface area contributed by atoms with Crippen molar-refractivity contribution < 1.29 is 14.3 Å². The molecule has 2 aromatic heterocycles. The van der Waals surface area contributed by atoms with E-state index in [9.17, 15) is 9.59 Å². The number of fused-ring (bicyclic) bond motifs is 1. The number of aromatic nitrogens is 2. The van der Waals surface area contributed by atoms with Gasteiger partial charge in [-0.2, -0.15) is 0 Å². The van der Waals surface area contributed by atoms with Crippen LogP contribution in [0.2, 0.25) is 5.02 Å². The van der Waals surface area contributed by atoms with Gasteiger partial charge < -0.3 is 19.8 Å². The second-order valence-corrected chi connectivity index (χ2v) is 11.3. The van der Waals surface area contributed by atoms with Gasteiger partial charge in [-0.15, -0.1) is 11.3 Å². The molecule has 0 bridgehead atoms. The van der Waals surface area contributed by atoms with Crippen LogP contribution in [0.3, 0.4) is 0 Å². The number of anilines is 1. The van der Waals surface area contributed by atoms with Gasteiger partial charge in [-0.1, -0.05) is 11.6 Å². The molecule has 4 rings (SSSR count). The molecular formula is C25H32ClN5O4S. The van der Waals surface area contributed by atoms with Crippen LogP contribution in [0.15, 0.2) is 28.4 Å². The lowest BCUT2D eigenvalue weighted by atomic mass is 10.1. The average molecular weight is 534 g/mol. The fourth-order valence-electron chi connectivity index (χ4n) is 3.81. The monoisotopic (exact) mass is 533 g/mol. The molecule has 11 heteroatoms. The molecule has 1 fully saturated rings. The van der Waals surface area contributed by atoms with E-state index in [1.54, 1.807) is 17.0 Å². The lowest BCUT2D eigenvalue weighted by Crippen LogP contribution is -2.37. The van der Waals surface area contributed by atoms with Gasteiger partial charge in [0.15, 0.2) is 10.6 Å². The molecule has 36 heavy (non-hydrogen) atoms. The summed E-state index contributed by atoms with van der Waals surface area (Å²) in [5.74, 6) is 0.487. The maximum atomic E-state index is 12.8. The number of nitrogens with zero attached hydrogens (tertiary/aromatic N) is 3. The number of carbonyl (C=O) groups is 1. The summed E-state index contributed by atoms with van der Waals surface area (Å²) >= 11 is 8.14. The van der Waals surface area contributed by atoms with Crippen LogP contribution in [0.25, 0.3) is 22.3 Å². The number of aromatic amines is 1. The summed E-state index contributed by atoms with van der Waals surface area (Å²) in [6.07, 6.45) is -0.310. The van der Waals surface area contributed by atoms with Crippen molar-refractivity contribution in [2.24, 2.45) is 0 Å². The molecule has 0 saturated carbocycles. The lowest BCUT2D eigenvalue weighted by molar-refractivity contribution is 0.0262. The smallest absolute Gasteiger partial charge is 0.411 e. The summed E-state index contributed by atoms with van der Waals surface area (Å²) in [7, 11) is 0. The normalized spacial score (nSPS) is 14.6. The predicted molar refractivity (Wildman–Crippen MR) is 144 cm³/mol. The van der Waals surface area contributed by atoms with Crippen molar-refractivity contribution in [2.45, 2.75) is 46.3 Å². The van der Waals surface area contributed by atoms with Crippen molar-refractivity contribution >= 4 is 45.1 Å². The number of benzene rings is 1. The number of hydrogen-bond acceptors (Lipinski definition) is 8. The SMILES string of the molecule is CC(C)Nc1nc(-c2cc(=O)c3ccc(OCCN4CCN(C(=O)OC(C)(C)C)C4)c(Cl)c3[nH]2)cs1. The van der Waals surface area contributed by atoms with Crippen molar-refractivity contribution in [3.05, 3.63) is 38.8 Å². The molecule has 0 spiro atoms. The summed E-state index contributed by atoms with van der Waals surface area (Å²) in [6.45, 7) is 12.5. The molecule has 9 nitrogen and oxygen atoms in total. The summed E-state index contributed by atoms with van der Waals surface area (Å²) in [6, 6.07) is 5.22. The van der Waals surface area contributed by atoms with Crippen LogP contribution in [0.4, 0.5) is 9.93 Å². The van der Waals surface area contributed by atoms with Crippen LogP contribution in [-0.2, 0) is 4.74 Å². The number of thiazole rings is 1. The Morgan fingerprint density at radius 1 is 1.31 bits per heavy atom. The molecule has 0 atom stereocenters. The van der Waals surface area contributed by atoms with Crippen LogP contribution in [0.1, 0.15) is 34.6 Å². The van der Waals surface area contributed by atoms with E-state index in [-0.39, 0.29) is 17.6 Å². The molecule has 1 aliphatic heterocycles. The van der Waals surface area contributed by atoms with Crippen molar-refractivity contribution in [3.8, 4) is 17.1 Å². The highest BCUT2D eigenvalue weighted by Crippen LogP contribution is 2.32. The van der Waals surface area contributed by atoms with Crippen LogP contribution in [0.5, 0.6) is 5.75 Å². The van der Waals surface area contributed by atoms with Gasteiger partial charge in [-0.05, 0) is 46.8 Å². The standard InChI is InChI=1S/C25H32ClN5O4S/c1-15(2)27-23-29-18(13-36-23)17-12-19(32)16-6-7-20(21(26)22(16)28-17)34-11-10-30-8-9-31(14-30)24(33)35-25(3,4)5/h6-7,12-13,15H,8-11,14H2,1-5H3,(H,27,29)(H,28,32). The molecule has 194 valence electrons. The van der Waals surface area contributed by atoms with E-state index in [0.29, 0.717) is 59.4 Å². The minimum atomic E-state index is -0.520. The number of H-pyrrole nitrogens is 1. The topological polar surface area (TPSA) is 99.8 Å². The maximum Gasteiger partial charge on any atom is 0.411 e. The van der Waals surface area contributed by atoms with Gasteiger partial charge in [0.2, 0.25) is 0 Å². The van der Waals surface area contributed by atoms with E-state index in [2.05, 4.69) is 20.2 Å². The third kappa shape index (κ3) is 6.29. The molecule has 3 aromatic rings. The molecule has 0 radical (unpaired) electrons. The number of amides is 1. The minimum absolute atomic E-state index is 0.141. The van der Waals surface area contributed by atoms with Gasteiger partial charge in [0, 0.05) is 42.5 Å². The Labute approximate surface area is 219 Å². The number of pyridine rings is 1. The second-order valence-electron chi connectivity index (χ2n) is 10.0. The minimum Gasteiger partial charge on any atom is -0.491 e. The molecule has 0 aliphatic carbocycles. The highest BCUT2D eigenvalue weighted by atomic mass is 35.5. The van der Waals surface area contributed by atoms with Crippen LogP contribution < -0.4 is 15.5 Å². The highest BCUT2D eigenvalue weighted by Gasteiger charge is 2.28. The quantitative estimate of drug-likeness (QED) is 0.440. The number of halogens is 1. The van der Waals surface area contributed by atoms with E-state index >= 15 is 0 Å². The molecule has 1 aliphatic rings. The molecule has 1 amide bonds. The average Bonchev–Trinajstić information content (AvgIpc) is 3.44.